The standard InChI is InChI=1S/C23H28N2O3/c1-25(2)23(12-16-6-4-5-7-17(16)13-23)15-24-22(26)19-10-18-11-20(27-3)8-9-21(18)28-14-19/h4-9,11,19H,10,12-15H2,1-3H3,(H,24,26). The number of rotatable bonds is 5. The van der Waals surface area contributed by atoms with Gasteiger partial charge in [-0.3, -0.25) is 4.79 Å². The lowest BCUT2D eigenvalue weighted by Gasteiger charge is -2.37. The summed E-state index contributed by atoms with van der Waals surface area (Å²) in [6, 6.07) is 14.3. The third kappa shape index (κ3) is 3.47. The van der Waals surface area contributed by atoms with E-state index in [1.54, 1.807) is 7.11 Å². The quantitative estimate of drug-likeness (QED) is 0.866. The molecule has 1 atom stereocenters. The summed E-state index contributed by atoms with van der Waals surface area (Å²) >= 11 is 0. The number of likely N-dealkylation sites (N-methyl/N-ethyl adjacent to an activating group) is 1. The van der Waals surface area contributed by atoms with E-state index in [1.165, 1.54) is 11.1 Å². The molecule has 5 heteroatoms. The van der Waals surface area contributed by atoms with Gasteiger partial charge in [0.25, 0.3) is 0 Å². The van der Waals surface area contributed by atoms with Crippen molar-refractivity contribution in [3.8, 4) is 11.5 Å². The lowest BCUT2D eigenvalue weighted by Crippen LogP contribution is -2.54. The third-order valence-corrected chi connectivity index (χ3v) is 6.24. The van der Waals surface area contributed by atoms with E-state index < -0.39 is 0 Å². The van der Waals surface area contributed by atoms with Gasteiger partial charge in [0.1, 0.15) is 18.1 Å². The molecule has 0 spiro atoms. The smallest absolute Gasteiger partial charge is 0.226 e. The van der Waals surface area contributed by atoms with E-state index in [2.05, 4.69) is 48.6 Å². The normalized spacial score (nSPS) is 19.5. The van der Waals surface area contributed by atoms with Crippen LogP contribution in [0.1, 0.15) is 16.7 Å². The van der Waals surface area contributed by atoms with Crippen molar-refractivity contribution in [3.63, 3.8) is 0 Å². The molecule has 1 aliphatic heterocycles. The Bertz CT molecular complexity index is 853. The first kappa shape index (κ1) is 18.8. The molecule has 0 radical (unpaired) electrons. The number of amides is 1. The van der Waals surface area contributed by atoms with Gasteiger partial charge in [0.05, 0.1) is 13.0 Å². The average Bonchev–Trinajstić information content (AvgIpc) is 3.11. The van der Waals surface area contributed by atoms with Crippen molar-refractivity contribution < 1.29 is 14.3 Å². The molecule has 0 bridgehead atoms. The van der Waals surface area contributed by atoms with Crippen LogP contribution < -0.4 is 14.8 Å². The molecule has 0 aromatic heterocycles. The molecular weight excluding hydrogens is 352 g/mol. The molecular formula is C23H28N2O3. The van der Waals surface area contributed by atoms with Crippen molar-refractivity contribution in [1.29, 1.82) is 0 Å². The molecule has 28 heavy (non-hydrogen) atoms. The highest BCUT2D eigenvalue weighted by Crippen LogP contribution is 2.34. The second-order valence-corrected chi connectivity index (χ2v) is 8.14. The fourth-order valence-electron chi connectivity index (χ4n) is 4.34. The van der Waals surface area contributed by atoms with Gasteiger partial charge in [-0.15, -0.1) is 0 Å². The fourth-order valence-corrected chi connectivity index (χ4v) is 4.34. The molecule has 1 aliphatic carbocycles. The summed E-state index contributed by atoms with van der Waals surface area (Å²) in [7, 11) is 5.85. The monoisotopic (exact) mass is 380 g/mol. The van der Waals surface area contributed by atoms with Crippen LogP contribution in [-0.2, 0) is 24.1 Å². The molecule has 1 heterocycles. The number of ether oxygens (including phenoxy) is 2. The lowest BCUT2D eigenvalue weighted by molar-refractivity contribution is -0.126. The molecule has 5 nitrogen and oxygen atoms in total. The van der Waals surface area contributed by atoms with Crippen LogP contribution in [0.5, 0.6) is 11.5 Å². The Labute approximate surface area is 166 Å². The molecule has 4 rings (SSSR count). The van der Waals surface area contributed by atoms with E-state index in [-0.39, 0.29) is 17.4 Å². The minimum Gasteiger partial charge on any atom is -0.497 e. The molecule has 2 aromatic rings. The average molecular weight is 380 g/mol. The van der Waals surface area contributed by atoms with Gasteiger partial charge in [-0.05, 0) is 68.2 Å². The number of hydrogen-bond donors (Lipinski definition) is 1. The maximum Gasteiger partial charge on any atom is 0.226 e. The Hall–Kier alpha value is -2.53. The lowest BCUT2D eigenvalue weighted by atomic mass is 9.92. The SMILES string of the molecule is COc1ccc2c(c1)CC(C(=O)NCC1(N(C)C)Cc3ccccc3C1)CO2. The molecule has 0 saturated carbocycles. The van der Waals surface area contributed by atoms with Gasteiger partial charge in [-0.2, -0.15) is 0 Å². The Morgan fingerprint density at radius 3 is 2.54 bits per heavy atom. The number of nitrogens with one attached hydrogen (secondary N) is 1. The topological polar surface area (TPSA) is 50.8 Å². The van der Waals surface area contributed by atoms with Crippen molar-refractivity contribution in [2.24, 2.45) is 5.92 Å². The number of methoxy groups -OCH3 is 1. The highest BCUT2D eigenvalue weighted by atomic mass is 16.5. The van der Waals surface area contributed by atoms with Gasteiger partial charge in [0.15, 0.2) is 0 Å². The number of carbonyl (C=O) groups is 1. The predicted octanol–water partition coefficient (Wildman–Crippen LogP) is 2.46. The van der Waals surface area contributed by atoms with Crippen molar-refractivity contribution in [2.45, 2.75) is 24.8 Å². The van der Waals surface area contributed by atoms with Crippen LogP contribution in [0.15, 0.2) is 42.5 Å². The minimum absolute atomic E-state index is 0.0608. The summed E-state index contributed by atoms with van der Waals surface area (Å²) in [5.41, 5.74) is 3.72. The molecule has 2 aromatic carbocycles. The van der Waals surface area contributed by atoms with Gasteiger partial charge >= 0.3 is 0 Å². The second kappa shape index (κ2) is 7.47. The van der Waals surface area contributed by atoms with Crippen LogP contribution in [0, 0.1) is 5.92 Å². The number of fused-ring (bicyclic) bond motifs is 2. The zero-order valence-corrected chi connectivity index (χ0v) is 16.8. The highest BCUT2D eigenvalue weighted by Gasteiger charge is 2.40. The third-order valence-electron chi connectivity index (χ3n) is 6.24. The van der Waals surface area contributed by atoms with E-state index in [9.17, 15) is 4.79 Å². The fraction of sp³-hybridized carbons (Fsp3) is 0.435. The summed E-state index contributed by atoms with van der Waals surface area (Å²) in [4.78, 5) is 15.2. The van der Waals surface area contributed by atoms with E-state index in [0.29, 0.717) is 19.6 Å². The number of hydrogen-bond acceptors (Lipinski definition) is 4. The van der Waals surface area contributed by atoms with Gasteiger partial charge in [-0.25, -0.2) is 0 Å². The maximum atomic E-state index is 12.9. The first-order chi connectivity index (χ1) is 13.5. The maximum absolute atomic E-state index is 12.9. The Kier molecular flexibility index (Phi) is 5.02. The van der Waals surface area contributed by atoms with Gasteiger partial charge in [-0.1, -0.05) is 24.3 Å². The molecule has 1 N–H and O–H groups in total. The van der Waals surface area contributed by atoms with Gasteiger partial charge in [0, 0.05) is 12.1 Å². The first-order valence-corrected chi connectivity index (χ1v) is 9.82. The molecule has 148 valence electrons. The summed E-state index contributed by atoms with van der Waals surface area (Å²) in [6.07, 6.45) is 2.59. The van der Waals surface area contributed by atoms with E-state index in [0.717, 1.165) is 29.9 Å². The summed E-state index contributed by atoms with van der Waals surface area (Å²) in [6.45, 7) is 1.05. The molecule has 0 fully saturated rings. The van der Waals surface area contributed by atoms with Crippen molar-refractivity contribution in [1.82, 2.24) is 10.2 Å². The summed E-state index contributed by atoms with van der Waals surface area (Å²) < 4.78 is 11.1. The summed E-state index contributed by atoms with van der Waals surface area (Å²) in [5.74, 6) is 1.52. The molecule has 1 amide bonds. The van der Waals surface area contributed by atoms with Crippen LogP contribution >= 0.6 is 0 Å². The minimum atomic E-state index is -0.178. The highest BCUT2D eigenvalue weighted by molar-refractivity contribution is 5.79. The second-order valence-electron chi connectivity index (χ2n) is 8.14. The van der Waals surface area contributed by atoms with Crippen molar-refractivity contribution >= 4 is 5.91 Å². The molecule has 0 saturated heterocycles. The Morgan fingerprint density at radius 2 is 1.89 bits per heavy atom. The largest absolute Gasteiger partial charge is 0.497 e. The first-order valence-electron chi connectivity index (χ1n) is 9.82. The number of nitrogens with zero attached hydrogens (tertiary/aromatic N) is 1. The molecule has 2 aliphatic rings. The number of carbonyl (C=O) groups excluding carboxylic acids is 1. The van der Waals surface area contributed by atoms with E-state index >= 15 is 0 Å². The Morgan fingerprint density at radius 1 is 1.18 bits per heavy atom. The van der Waals surface area contributed by atoms with Crippen LogP contribution in [0.25, 0.3) is 0 Å². The van der Waals surface area contributed by atoms with Crippen molar-refractivity contribution in [2.75, 3.05) is 34.4 Å². The van der Waals surface area contributed by atoms with Crippen LogP contribution in [0.2, 0.25) is 0 Å². The van der Waals surface area contributed by atoms with Crippen LogP contribution in [0.3, 0.4) is 0 Å². The zero-order valence-electron chi connectivity index (χ0n) is 16.8. The zero-order chi connectivity index (χ0) is 19.7. The van der Waals surface area contributed by atoms with E-state index in [1.807, 2.05) is 18.2 Å². The van der Waals surface area contributed by atoms with Gasteiger partial charge in [0.2, 0.25) is 5.91 Å². The Balaban J connectivity index is 1.42. The molecule has 1 unspecified atom stereocenters. The van der Waals surface area contributed by atoms with Gasteiger partial charge < -0.3 is 19.7 Å². The number of benzene rings is 2. The summed E-state index contributed by atoms with van der Waals surface area (Å²) in [5, 5.41) is 3.22. The van der Waals surface area contributed by atoms with E-state index in [4.69, 9.17) is 9.47 Å². The van der Waals surface area contributed by atoms with Crippen LogP contribution in [0.4, 0.5) is 0 Å². The van der Waals surface area contributed by atoms with Crippen LogP contribution in [-0.4, -0.2) is 50.7 Å². The predicted molar refractivity (Wildman–Crippen MR) is 109 cm³/mol. The van der Waals surface area contributed by atoms with Crippen molar-refractivity contribution in [3.05, 3.63) is 59.2 Å².